The lowest BCUT2D eigenvalue weighted by atomic mass is 10.1. The van der Waals surface area contributed by atoms with Gasteiger partial charge in [-0.2, -0.15) is 0 Å². The standard InChI is InChI=1S/C14H18N4O2/c1-8(6-11-9(2)18-20-10(11)3)17-13-4-5-16-7-12(13)14(15)19/h4-5,7-8H,6H2,1-3H3,(H2,15,19)(H,16,17). The number of amides is 1. The van der Waals surface area contributed by atoms with Gasteiger partial charge in [0.05, 0.1) is 16.9 Å². The molecule has 2 heterocycles. The maximum Gasteiger partial charge on any atom is 0.252 e. The molecule has 6 nitrogen and oxygen atoms in total. The second-order valence-corrected chi connectivity index (χ2v) is 4.84. The van der Waals surface area contributed by atoms with Crippen LogP contribution in [0, 0.1) is 13.8 Å². The molecule has 2 aromatic rings. The minimum absolute atomic E-state index is 0.104. The third kappa shape index (κ3) is 2.96. The molecule has 1 unspecified atom stereocenters. The van der Waals surface area contributed by atoms with Crippen molar-refractivity contribution in [3.63, 3.8) is 0 Å². The Labute approximate surface area is 117 Å². The first-order valence-corrected chi connectivity index (χ1v) is 6.41. The van der Waals surface area contributed by atoms with Crippen molar-refractivity contribution in [1.82, 2.24) is 10.1 Å². The summed E-state index contributed by atoms with van der Waals surface area (Å²) in [5.74, 6) is 0.325. The molecule has 2 aromatic heterocycles. The van der Waals surface area contributed by atoms with E-state index in [0.29, 0.717) is 11.3 Å². The fourth-order valence-corrected chi connectivity index (χ4v) is 2.13. The van der Waals surface area contributed by atoms with Crippen LogP contribution in [0.4, 0.5) is 5.69 Å². The molecule has 3 N–H and O–H groups in total. The van der Waals surface area contributed by atoms with Crippen molar-refractivity contribution >= 4 is 11.6 Å². The second-order valence-electron chi connectivity index (χ2n) is 4.84. The molecule has 1 atom stereocenters. The van der Waals surface area contributed by atoms with Crippen LogP contribution in [0.3, 0.4) is 0 Å². The molecule has 2 rings (SSSR count). The number of carbonyl (C=O) groups excluding carboxylic acids is 1. The highest BCUT2D eigenvalue weighted by Crippen LogP contribution is 2.18. The molecule has 1 amide bonds. The van der Waals surface area contributed by atoms with Crippen molar-refractivity contribution in [2.75, 3.05) is 5.32 Å². The van der Waals surface area contributed by atoms with Gasteiger partial charge in [0.2, 0.25) is 0 Å². The van der Waals surface area contributed by atoms with Gasteiger partial charge in [0, 0.05) is 24.0 Å². The van der Waals surface area contributed by atoms with E-state index < -0.39 is 5.91 Å². The largest absolute Gasteiger partial charge is 0.382 e. The SMILES string of the molecule is Cc1noc(C)c1CC(C)Nc1ccncc1C(N)=O. The van der Waals surface area contributed by atoms with E-state index in [-0.39, 0.29) is 6.04 Å². The highest BCUT2D eigenvalue weighted by Gasteiger charge is 2.15. The van der Waals surface area contributed by atoms with E-state index in [1.807, 2.05) is 20.8 Å². The molecule has 0 aliphatic heterocycles. The Morgan fingerprint density at radius 3 is 2.85 bits per heavy atom. The van der Waals surface area contributed by atoms with Gasteiger partial charge in [0.25, 0.3) is 5.91 Å². The average molecular weight is 274 g/mol. The third-order valence-electron chi connectivity index (χ3n) is 3.18. The molecule has 0 aliphatic carbocycles. The molecular formula is C14H18N4O2. The van der Waals surface area contributed by atoms with E-state index in [1.165, 1.54) is 6.20 Å². The van der Waals surface area contributed by atoms with Crippen molar-refractivity contribution in [2.45, 2.75) is 33.2 Å². The lowest BCUT2D eigenvalue weighted by molar-refractivity contribution is 0.100. The van der Waals surface area contributed by atoms with Crippen LogP contribution in [0.25, 0.3) is 0 Å². The normalized spacial score (nSPS) is 12.2. The van der Waals surface area contributed by atoms with Crippen LogP contribution in [-0.2, 0) is 6.42 Å². The first-order valence-electron chi connectivity index (χ1n) is 6.41. The molecule has 6 heteroatoms. The summed E-state index contributed by atoms with van der Waals surface area (Å²) in [5.41, 5.74) is 8.38. The number of rotatable bonds is 5. The van der Waals surface area contributed by atoms with Gasteiger partial charge < -0.3 is 15.6 Å². The smallest absolute Gasteiger partial charge is 0.252 e. The fourth-order valence-electron chi connectivity index (χ4n) is 2.13. The van der Waals surface area contributed by atoms with Crippen molar-refractivity contribution in [2.24, 2.45) is 5.73 Å². The Morgan fingerprint density at radius 2 is 2.25 bits per heavy atom. The molecule has 0 saturated carbocycles. The van der Waals surface area contributed by atoms with Crippen molar-refractivity contribution < 1.29 is 9.32 Å². The van der Waals surface area contributed by atoms with Crippen LogP contribution >= 0.6 is 0 Å². The van der Waals surface area contributed by atoms with E-state index in [9.17, 15) is 4.79 Å². The van der Waals surface area contributed by atoms with Crippen LogP contribution in [0.15, 0.2) is 23.0 Å². The monoisotopic (exact) mass is 274 g/mol. The number of anilines is 1. The van der Waals surface area contributed by atoms with Crippen LogP contribution in [0.2, 0.25) is 0 Å². The van der Waals surface area contributed by atoms with Gasteiger partial charge in [0.15, 0.2) is 0 Å². The van der Waals surface area contributed by atoms with Gasteiger partial charge >= 0.3 is 0 Å². The zero-order valence-electron chi connectivity index (χ0n) is 11.8. The molecule has 20 heavy (non-hydrogen) atoms. The highest BCUT2D eigenvalue weighted by molar-refractivity contribution is 5.98. The number of hydrogen-bond acceptors (Lipinski definition) is 5. The Kier molecular flexibility index (Phi) is 4.02. The van der Waals surface area contributed by atoms with E-state index >= 15 is 0 Å². The number of nitrogens with zero attached hydrogens (tertiary/aromatic N) is 2. The Bertz CT molecular complexity index is 602. The summed E-state index contributed by atoms with van der Waals surface area (Å²) in [4.78, 5) is 15.3. The molecule has 0 spiro atoms. The average Bonchev–Trinajstić information content (AvgIpc) is 2.71. The fraction of sp³-hybridized carbons (Fsp3) is 0.357. The topological polar surface area (TPSA) is 94.0 Å². The molecule has 106 valence electrons. The van der Waals surface area contributed by atoms with Crippen molar-refractivity contribution in [3.05, 3.63) is 41.0 Å². The molecular weight excluding hydrogens is 256 g/mol. The third-order valence-corrected chi connectivity index (χ3v) is 3.18. The zero-order valence-corrected chi connectivity index (χ0v) is 11.8. The number of pyridine rings is 1. The highest BCUT2D eigenvalue weighted by atomic mass is 16.5. The predicted molar refractivity (Wildman–Crippen MR) is 75.5 cm³/mol. The van der Waals surface area contributed by atoms with Gasteiger partial charge in [-0.3, -0.25) is 9.78 Å². The van der Waals surface area contributed by atoms with Gasteiger partial charge in [0.1, 0.15) is 5.76 Å². The minimum Gasteiger partial charge on any atom is -0.382 e. The predicted octanol–water partition coefficient (Wildman–Crippen LogP) is 1.83. The second kappa shape index (κ2) is 5.73. The number of carbonyl (C=O) groups is 1. The number of nitrogens with one attached hydrogen (secondary N) is 1. The number of hydrogen-bond donors (Lipinski definition) is 2. The summed E-state index contributed by atoms with van der Waals surface area (Å²) in [7, 11) is 0. The summed E-state index contributed by atoms with van der Waals surface area (Å²) >= 11 is 0. The molecule has 0 aromatic carbocycles. The molecule has 0 bridgehead atoms. The Balaban J connectivity index is 2.13. The summed E-state index contributed by atoms with van der Waals surface area (Å²) in [6, 6.07) is 1.84. The van der Waals surface area contributed by atoms with Crippen molar-refractivity contribution in [3.8, 4) is 0 Å². The van der Waals surface area contributed by atoms with Crippen LogP contribution in [-0.4, -0.2) is 22.1 Å². The van der Waals surface area contributed by atoms with E-state index in [1.54, 1.807) is 12.3 Å². The summed E-state index contributed by atoms with van der Waals surface area (Å²) in [6.07, 6.45) is 3.84. The summed E-state index contributed by atoms with van der Waals surface area (Å²) < 4.78 is 5.15. The number of aromatic nitrogens is 2. The maximum absolute atomic E-state index is 11.3. The Hall–Kier alpha value is -2.37. The maximum atomic E-state index is 11.3. The van der Waals surface area contributed by atoms with Gasteiger partial charge in [-0.1, -0.05) is 5.16 Å². The molecule has 0 radical (unpaired) electrons. The molecule has 0 aliphatic rings. The van der Waals surface area contributed by atoms with E-state index in [0.717, 1.165) is 23.4 Å². The number of nitrogens with two attached hydrogens (primary N) is 1. The van der Waals surface area contributed by atoms with Crippen molar-refractivity contribution in [1.29, 1.82) is 0 Å². The quantitative estimate of drug-likeness (QED) is 0.867. The lowest BCUT2D eigenvalue weighted by Crippen LogP contribution is -2.22. The van der Waals surface area contributed by atoms with Gasteiger partial charge in [-0.05, 0) is 33.3 Å². The van der Waals surface area contributed by atoms with E-state index in [2.05, 4.69) is 15.5 Å². The minimum atomic E-state index is -0.495. The van der Waals surface area contributed by atoms with Gasteiger partial charge in [-0.25, -0.2) is 0 Å². The molecule has 0 fully saturated rings. The zero-order chi connectivity index (χ0) is 14.7. The van der Waals surface area contributed by atoms with Crippen LogP contribution in [0.1, 0.15) is 34.3 Å². The number of aryl methyl sites for hydroxylation is 2. The first kappa shape index (κ1) is 14.0. The molecule has 0 saturated heterocycles. The van der Waals surface area contributed by atoms with Gasteiger partial charge in [-0.15, -0.1) is 0 Å². The summed E-state index contributed by atoms with van der Waals surface area (Å²) in [5, 5.41) is 7.21. The lowest BCUT2D eigenvalue weighted by Gasteiger charge is -2.16. The van der Waals surface area contributed by atoms with Crippen LogP contribution < -0.4 is 11.1 Å². The first-order chi connectivity index (χ1) is 9.49. The number of primary amides is 1. The van der Waals surface area contributed by atoms with E-state index in [4.69, 9.17) is 10.3 Å². The summed E-state index contributed by atoms with van der Waals surface area (Å²) in [6.45, 7) is 5.83. The Morgan fingerprint density at radius 1 is 1.50 bits per heavy atom. The van der Waals surface area contributed by atoms with Crippen LogP contribution in [0.5, 0.6) is 0 Å².